The summed E-state index contributed by atoms with van der Waals surface area (Å²) < 4.78 is 0.999. The normalized spacial score (nSPS) is 10.2. The van der Waals surface area contributed by atoms with E-state index >= 15 is 0 Å². The number of benzene rings is 2. The largest absolute Gasteiger partial charge is 0.478 e. The van der Waals surface area contributed by atoms with Gasteiger partial charge in [0.2, 0.25) is 0 Å². The van der Waals surface area contributed by atoms with E-state index in [9.17, 15) is 4.79 Å². The number of hydrogen-bond donors (Lipinski definition) is 3. The van der Waals surface area contributed by atoms with Gasteiger partial charge >= 0.3 is 5.97 Å². The van der Waals surface area contributed by atoms with E-state index < -0.39 is 5.97 Å². The van der Waals surface area contributed by atoms with Crippen LogP contribution in [-0.2, 0) is 0 Å². The maximum Gasteiger partial charge on any atom is 0.337 e. The zero-order chi connectivity index (χ0) is 14.0. The SMILES string of the molecule is Nc1ccc(C(=O)O)c(Nc2ccc(I)cc2Cl)c1. The van der Waals surface area contributed by atoms with Crippen molar-refractivity contribution in [3.05, 3.63) is 50.6 Å². The molecule has 0 saturated heterocycles. The lowest BCUT2D eigenvalue weighted by Gasteiger charge is -2.12. The van der Waals surface area contributed by atoms with E-state index in [1.807, 2.05) is 6.07 Å². The predicted molar refractivity (Wildman–Crippen MR) is 85.3 cm³/mol. The van der Waals surface area contributed by atoms with Crippen molar-refractivity contribution in [1.29, 1.82) is 0 Å². The fourth-order valence-electron chi connectivity index (χ4n) is 1.59. The average molecular weight is 389 g/mol. The monoisotopic (exact) mass is 388 g/mol. The average Bonchev–Trinajstić information content (AvgIpc) is 2.32. The first-order valence-electron chi connectivity index (χ1n) is 5.32. The van der Waals surface area contributed by atoms with Crippen molar-refractivity contribution in [2.45, 2.75) is 0 Å². The number of nitrogens with one attached hydrogen (secondary N) is 1. The molecule has 0 aliphatic rings. The van der Waals surface area contributed by atoms with E-state index in [-0.39, 0.29) is 5.56 Å². The second-order valence-electron chi connectivity index (χ2n) is 3.86. The van der Waals surface area contributed by atoms with E-state index in [1.54, 1.807) is 24.3 Å². The van der Waals surface area contributed by atoms with Gasteiger partial charge in [0.25, 0.3) is 0 Å². The highest BCUT2D eigenvalue weighted by Crippen LogP contribution is 2.29. The van der Waals surface area contributed by atoms with Crippen LogP contribution in [0.3, 0.4) is 0 Å². The van der Waals surface area contributed by atoms with Crippen LogP contribution in [0, 0.1) is 3.57 Å². The number of anilines is 3. The molecule has 0 aromatic heterocycles. The van der Waals surface area contributed by atoms with Crippen LogP contribution in [0.1, 0.15) is 10.4 Å². The molecule has 0 saturated carbocycles. The molecule has 19 heavy (non-hydrogen) atoms. The Morgan fingerprint density at radius 1 is 1.21 bits per heavy atom. The van der Waals surface area contributed by atoms with Crippen LogP contribution in [0.2, 0.25) is 5.02 Å². The molecule has 98 valence electrons. The first-order chi connectivity index (χ1) is 8.97. The van der Waals surface area contributed by atoms with E-state index in [0.29, 0.717) is 22.1 Å². The number of rotatable bonds is 3. The zero-order valence-corrected chi connectivity index (χ0v) is 12.6. The third-order valence-corrected chi connectivity index (χ3v) is 3.46. The molecule has 0 aliphatic carbocycles. The van der Waals surface area contributed by atoms with Crippen molar-refractivity contribution in [3.8, 4) is 0 Å². The summed E-state index contributed by atoms with van der Waals surface area (Å²) in [7, 11) is 0. The molecule has 0 fully saturated rings. The summed E-state index contributed by atoms with van der Waals surface area (Å²) in [6.07, 6.45) is 0. The van der Waals surface area contributed by atoms with Gasteiger partial charge in [-0.2, -0.15) is 0 Å². The van der Waals surface area contributed by atoms with Crippen molar-refractivity contribution >= 4 is 57.2 Å². The highest BCUT2D eigenvalue weighted by molar-refractivity contribution is 14.1. The highest BCUT2D eigenvalue weighted by Gasteiger charge is 2.11. The third-order valence-electron chi connectivity index (χ3n) is 2.47. The third kappa shape index (κ3) is 3.30. The lowest BCUT2D eigenvalue weighted by Crippen LogP contribution is -2.04. The number of carboxylic acid groups (broad SMARTS) is 1. The molecular formula is C13H10ClIN2O2. The smallest absolute Gasteiger partial charge is 0.337 e. The molecule has 6 heteroatoms. The molecular weight excluding hydrogens is 379 g/mol. The van der Waals surface area contributed by atoms with Crippen molar-refractivity contribution < 1.29 is 9.90 Å². The fraction of sp³-hybridized carbons (Fsp3) is 0. The predicted octanol–water partition coefficient (Wildman–Crippen LogP) is 3.97. The van der Waals surface area contributed by atoms with Crippen molar-refractivity contribution in [2.75, 3.05) is 11.1 Å². The molecule has 4 N–H and O–H groups in total. The van der Waals surface area contributed by atoms with Gasteiger partial charge < -0.3 is 16.2 Å². The second-order valence-corrected chi connectivity index (χ2v) is 5.51. The van der Waals surface area contributed by atoms with Crippen molar-refractivity contribution in [3.63, 3.8) is 0 Å². The van der Waals surface area contributed by atoms with Crippen LogP contribution < -0.4 is 11.1 Å². The van der Waals surface area contributed by atoms with Crippen LogP contribution in [0.25, 0.3) is 0 Å². The van der Waals surface area contributed by atoms with Crippen molar-refractivity contribution in [1.82, 2.24) is 0 Å². The molecule has 0 bridgehead atoms. The summed E-state index contributed by atoms with van der Waals surface area (Å²) in [4.78, 5) is 11.1. The van der Waals surface area contributed by atoms with Gasteiger partial charge in [-0.1, -0.05) is 11.6 Å². The molecule has 4 nitrogen and oxygen atoms in total. The van der Waals surface area contributed by atoms with Gasteiger partial charge in [-0.05, 0) is 59.0 Å². The number of nitrogens with two attached hydrogens (primary N) is 1. The number of aromatic carboxylic acids is 1. The Morgan fingerprint density at radius 3 is 2.58 bits per heavy atom. The Bertz CT molecular complexity index is 647. The maximum atomic E-state index is 11.1. The Balaban J connectivity index is 2.42. The fourth-order valence-corrected chi connectivity index (χ4v) is 2.49. The number of nitrogen functional groups attached to an aromatic ring is 1. The van der Waals surface area contributed by atoms with Crippen LogP contribution in [-0.4, -0.2) is 11.1 Å². The molecule has 2 aromatic rings. The van der Waals surface area contributed by atoms with Gasteiger partial charge in [-0.3, -0.25) is 0 Å². The van der Waals surface area contributed by atoms with E-state index in [4.69, 9.17) is 22.4 Å². The van der Waals surface area contributed by atoms with Crippen LogP contribution in [0.5, 0.6) is 0 Å². The van der Waals surface area contributed by atoms with E-state index in [2.05, 4.69) is 27.9 Å². The van der Waals surface area contributed by atoms with Gasteiger partial charge in [0, 0.05) is 9.26 Å². The first kappa shape index (κ1) is 14.0. The topological polar surface area (TPSA) is 75.4 Å². The first-order valence-corrected chi connectivity index (χ1v) is 6.78. The Labute approximate surface area is 128 Å². The van der Waals surface area contributed by atoms with Crippen LogP contribution >= 0.6 is 34.2 Å². The van der Waals surface area contributed by atoms with E-state index in [0.717, 1.165) is 3.57 Å². The van der Waals surface area contributed by atoms with Gasteiger partial charge in [0.1, 0.15) is 0 Å². The summed E-state index contributed by atoms with van der Waals surface area (Å²) in [6.45, 7) is 0. The molecule has 0 unspecified atom stereocenters. The number of carbonyl (C=O) groups is 1. The summed E-state index contributed by atoms with van der Waals surface area (Å²) in [6, 6.07) is 10.0. The Morgan fingerprint density at radius 2 is 1.95 bits per heavy atom. The van der Waals surface area contributed by atoms with E-state index in [1.165, 1.54) is 6.07 Å². The second kappa shape index (κ2) is 5.66. The number of carboxylic acids is 1. The molecule has 0 atom stereocenters. The molecule has 2 aromatic carbocycles. The minimum atomic E-state index is -1.02. The summed E-state index contributed by atoms with van der Waals surface area (Å²) in [5.41, 5.74) is 7.35. The van der Waals surface area contributed by atoms with Crippen LogP contribution in [0.4, 0.5) is 17.1 Å². The van der Waals surface area contributed by atoms with Gasteiger partial charge in [-0.15, -0.1) is 0 Å². The van der Waals surface area contributed by atoms with Gasteiger partial charge in [0.05, 0.1) is 22.0 Å². The van der Waals surface area contributed by atoms with Crippen LogP contribution in [0.15, 0.2) is 36.4 Å². The zero-order valence-electron chi connectivity index (χ0n) is 9.65. The highest BCUT2D eigenvalue weighted by atomic mass is 127. The molecule has 2 rings (SSSR count). The van der Waals surface area contributed by atoms with Gasteiger partial charge in [-0.25, -0.2) is 4.79 Å². The van der Waals surface area contributed by atoms with Gasteiger partial charge in [0.15, 0.2) is 0 Å². The quantitative estimate of drug-likeness (QED) is 0.549. The number of halogens is 2. The standard InChI is InChI=1S/C13H10ClIN2O2/c14-10-5-7(15)1-4-11(10)17-12-6-8(16)2-3-9(12)13(18)19/h1-6,17H,16H2,(H,18,19). The molecule has 0 amide bonds. The summed E-state index contributed by atoms with van der Waals surface area (Å²) >= 11 is 8.25. The lowest BCUT2D eigenvalue weighted by molar-refractivity contribution is 0.0698. The minimum Gasteiger partial charge on any atom is -0.478 e. The molecule has 0 spiro atoms. The maximum absolute atomic E-state index is 11.1. The Kier molecular flexibility index (Phi) is 4.16. The minimum absolute atomic E-state index is 0.142. The molecule has 0 heterocycles. The lowest BCUT2D eigenvalue weighted by atomic mass is 10.1. The number of hydrogen-bond acceptors (Lipinski definition) is 3. The molecule has 0 radical (unpaired) electrons. The molecule has 0 aliphatic heterocycles. The Hall–Kier alpha value is -1.47. The summed E-state index contributed by atoms with van der Waals surface area (Å²) in [5, 5.41) is 12.6. The van der Waals surface area contributed by atoms with Crippen molar-refractivity contribution in [2.24, 2.45) is 0 Å². The summed E-state index contributed by atoms with van der Waals surface area (Å²) in [5.74, 6) is -1.02.